The van der Waals surface area contributed by atoms with Gasteiger partial charge in [0.1, 0.15) is 11.6 Å². The van der Waals surface area contributed by atoms with Gasteiger partial charge in [-0.1, -0.05) is 12.1 Å². The van der Waals surface area contributed by atoms with Gasteiger partial charge in [0, 0.05) is 18.2 Å². The molecule has 1 amide bonds. The number of hydrogen-bond donors (Lipinski definition) is 1. The van der Waals surface area contributed by atoms with Gasteiger partial charge in [0.15, 0.2) is 5.78 Å². The predicted molar refractivity (Wildman–Crippen MR) is 105 cm³/mol. The van der Waals surface area contributed by atoms with Crippen LogP contribution in [0.1, 0.15) is 44.3 Å². The SMILES string of the molecule is COc1ccc([C@@H]2CC(=O)c3cnc(NC(=O)c4ccc(F)cc4)nc3C2)cc1. The molecule has 6 nitrogen and oxygen atoms in total. The molecular weight excluding hydrogens is 373 g/mol. The molecule has 0 saturated carbocycles. The summed E-state index contributed by atoms with van der Waals surface area (Å²) in [6.45, 7) is 0. The number of nitrogens with one attached hydrogen (secondary N) is 1. The van der Waals surface area contributed by atoms with E-state index in [1.54, 1.807) is 7.11 Å². The van der Waals surface area contributed by atoms with Crippen LogP contribution in [0.25, 0.3) is 0 Å². The number of methoxy groups -OCH3 is 1. The zero-order valence-electron chi connectivity index (χ0n) is 15.7. The van der Waals surface area contributed by atoms with Crippen LogP contribution in [-0.4, -0.2) is 28.8 Å². The Morgan fingerprint density at radius 2 is 1.83 bits per heavy atom. The number of ketones is 1. The van der Waals surface area contributed by atoms with Gasteiger partial charge in [-0.15, -0.1) is 0 Å². The maximum Gasteiger partial charge on any atom is 0.258 e. The Labute approximate surface area is 166 Å². The lowest BCUT2D eigenvalue weighted by molar-refractivity contribution is 0.0962. The number of amides is 1. The average Bonchev–Trinajstić information content (AvgIpc) is 2.74. The first kappa shape index (κ1) is 18.7. The van der Waals surface area contributed by atoms with Gasteiger partial charge in [0.05, 0.1) is 18.4 Å². The van der Waals surface area contributed by atoms with Crippen LogP contribution in [0.15, 0.2) is 54.7 Å². The Balaban J connectivity index is 1.55. The van der Waals surface area contributed by atoms with Crippen LogP contribution in [-0.2, 0) is 6.42 Å². The molecule has 0 saturated heterocycles. The molecule has 1 aromatic heterocycles. The first-order valence-electron chi connectivity index (χ1n) is 9.13. The summed E-state index contributed by atoms with van der Waals surface area (Å²) in [6.07, 6.45) is 2.40. The van der Waals surface area contributed by atoms with E-state index in [1.165, 1.54) is 30.5 Å². The fourth-order valence-corrected chi connectivity index (χ4v) is 3.39. The third-order valence-corrected chi connectivity index (χ3v) is 4.96. The molecule has 1 aliphatic carbocycles. The Kier molecular flexibility index (Phi) is 5.03. The Morgan fingerprint density at radius 3 is 2.52 bits per heavy atom. The summed E-state index contributed by atoms with van der Waals surface area (Å²) in [4.78, 5) is 33.3. The number of carbonyl (C=O) groups is 2. The predicted octanol–water partition coefficient (Wildman–Crippen LogP) is 3.79. The molecule has 7 heteroatoms. The number of rotatable bonds is 4. The van der Waals surface area contributed by atoms with Crippen molar-refractivity contribution in [1.29, 1.82) is 0 Å². The molecule has 0 bridgehead atoms. The van der Waals surface area contributed by atoms with E-state index in [1.807, 2.05) is 24.3 Å². The Bertz CT molecular complexity index is 1070. The highest BCUT2D eigenvalue weighted by atomic mass is 19.1. The van der Waals surface area contributed by atoms with Gasteiger partial charge >= 0.3 is 0 Å². The van der Waals surface area contributed by atoms with E-state index < -0.39 is 11.7 Å². The standard InChI is InChI=1S/C22H18FN3O3/c1-29-17-8-4-13(5-9-17)15-10-19-18(20(27)11-15)12-24-22(25-19)26-21(28)14-2-6-16(23)7-3-14/h2-9,12,15H,10-11H2,1H3,(H,24,25,26,28)/t15-/m0/s1. The van der Waals surface area contributed by atoms with Gasteiger partial charge in [-0.2, -0.15) is 0 Å². The number of ether oxygens (including phenoxy) is 1. The summed E-state index contributed by atoms with van der Waals surface area (Å²) in [7, 11) is 1.61. The first-order chi connectivity index (χ1) is 14.0. The fourth-order valence-electron chi connectivity index (χ4n) is 3.39. The van der Waals surface area contributed by atoms with Crippen molar-refractivity contribution in [2.45, 2.75) is 18.8 Å². The lowest BCUT2D eigenvalue weighted by Gasteiger charge is -2.23. The van der Waals surface area contributed by atoms with Crippen molar-refractivity contribution in [3.8, 4) is 5.75 Å². The number of carbonyl (C=O) groups excluding carboxylic acids is 2. The molecule has 1 heterocycles. The second kappa shape index (κ2) is 7.79. The van der Waals surface area contributed by atoms with Crippen LogP contribution < -0.4 is 10.1 Å². The molecule has 3 aromatic rings. The van der Waals surface area contributed by atoms with Gasteiger partial charge < -0.3 is 4.74 Å². The summed E-state index contributed by atoms with van der Waals surface area (Å²) in [5, 5.41) is 2.60. The smallest absolute Gasteiger partial charge is 0.258 e. The number of Topliss-reactive ketones (excluding diaryl/α,β-unsaturated/α-hetero) is 1. The second-order valence-electron chi connectivity index (χ2n) is 6.82. The van der Waals surface area contributed by atoms with Crippen molar-refractivity contribution in [2.75, 3.05) is 12.4 Å². The molecule has 4 rings (SSSR count). The summed E-state index contributed by atoms with van der Waals surface area (Å²) in [5.41, 5.74) is 2.40. The van der Waals surface area contributed by atoms with E-state index in [9.17, 15) is 14.0 Å². The van der Waals surface area contributed by atoms with Crippen molar-refractivity contribution in [2.24, 2.45) is 0 Å². The summed E-state index contributed by atoms with van der Waals surface area (Å²) in [6, 6.07) is 12.8. The second-order valence-corrected chi connectivity index (χ2v) is 6.82. The minimum Gasteiger partial charge on any atom is -0.497 e. The van der Waals surface area contributed by atoms with Crippen molar-refractivity contribution in [1.82, 2.24) is 9.97 Å². The number of benzene rings is 2. The highest BCUT2D eigenvalue weighted by Crippen LogP contribution is 2.32. The highest BCUT2D eigenvalue weighted by molar-refractivity contribution is 6.03. The number of fused-ring (bicyclic) bond motifs is 1. The van der Waals surface area contributed by atoms with E-state index in [4.69, 9.17) is 4.74 Å². The average molecular weight is 391 g/mol. The molecule has 0 unspecified atom stereocenters. The van der Waals surface area contributed by atoms with E-state index in [2.05, 4.69) is 15.3 Å². The van der Waals surface area contributed by atoms with E-state index >= 15 is 0 Å². The first-order valence-corrected chi connectivity index (χ1v) is 9.13. The molecule has 146 valence electrons. The quantitative estimate of drug-likeness (QED) is 0.732. The molecule has 0 radical (unpaired) electrons. The monoisotopic (exact) mass is 391 g/mol. The molecule has 1 aliphatic rings. The van der Waals surface area contributed by atoms with Gasteiger partial charge in [-0.05, 0) is 54.3 Å². The number of hydrogen-bond acceptors (Lipinski definition) is 5. The number of nitrogens with zero attached hydrogens (tertiary/aromatic N) is 2. The van der Waals surface area contributed by atoms with E-state index in [-0.39, 0.29) is 17.6 Å². The van der Waals surface area contributed by atoms with Crippen LogP contribution in [0.4, 0.5) is 10.3 Å². The van der Waals surface area contributed by atoms with Crippen LogP contribution >= 0.6 is 0 Å². The fraction of sp³-hybridized carbons (Fsp3) is 0.182. The molecule has 2 aromatic carbocycles. The van der Waals surface area contributed by atoms with E-state index in [0.717, 1.165) is 11.3 Å². The van der Waals surface area contributed by atoms with Crippen molar-refractivity contribution >= 4 is 17.6 Å². The minimum atomic E-state index is -0.446. The molecule has 0 aliphatic heterocycles. The Morgan fingerprint density at radius 1 is 1.10 bits per heavy atom. The molecule has 1 N–H and O–H groups in total. The summed E-state index contributed by atoms with van der Waals surface area (Å²) < 4.78 is 18.2. The van der Waals surface area contributed by atoms with Crippen LogP contribution in [0.3, 0.4) is 0 Å². The largest absolute Gasteiger partial charge is 0.497 e. The molecule has 29 heavy (non-hydrogen) atoms. The van der Waals surface area contributed by atoms with Crippen LogP contribution in [0.2, 0.25) is 0 Å². The maximum atomic E-state index is 13.0. The van der Waals surface area contributed by atoms with Crippen molar-refractivity contribution in [3.63, 3.8) is 0 Å². The van der Waals surface area contributed by atoms with Gasteiger partial charge in [0.25, 0.3) is 5.91 Å². The van der Waals surface area contributed by atoms with Crippen LogP contribution in [0, 0.1) is 5.82 Å². The highest BCUT2D eigenvalue weighted by Gasteiger charge is 2.28. The minimum absolute atomic E-state index is 0.00328. The zero-order valence-corrected chi connectivity index (χ0v) is 15.7. The number of anilines is 1. The maximum absolute atomic E-state index is 13.0. The third kappa shape index (κ3) is 3.99. The topological polar surface area (TPSA) is 81.2 Å². The van der Waals surface area contributed by atoms with Crippen molar-refractivity contribution < 1.29 is 18.7 Å². The van der Waals surface area contributed by atoms with Gasteiger partial charge in [-0.25, -0.2) is 14.4 Å². The zero-order chi connectivity index (χ0) is 20.4. The lowest BCUT2D eigenvalue weighted by atomic mass is 9.82. The van der Waals surface area contributed by atoms with Gasteiger partial charge in [0.2, 0.25) is 5.95 Å². The Hall–Kier alpha value is -3.61. The molecule has 0 spiro atoms. The van der Waals surface area contributed by atoms with Gasteiger partial charge in [-0.3, -0.25) is 14.9 Å². The molecular formula is C22H18FN3O3. The van der Waals surface area contributed by atoms with Crippen molar-refractivity contribution in [3.05, 3.63) is 82.9 Å². The summed E-state index contributed by atoms with van der Waals surface area (Å²) >= 11 is 0. The number of aromatic nitrogens is 2. The van der Waals surface area contributed by atoms with Crippen LogP contribution in [0.5, 0.6) is 5.75 Å². The third-order valence-electron chi connectivity index (χ3n) is 4.96. The van der Waals surface area contributed by atoms with E-state index in [0.29, 0.717) is 29.7 Å². The molecule has 0 fully saturated rings. The number of halogens is 1. The lowest BCUT2D eigenvalue weighted by Crippen LogP contribution is -2.22. The molecule has 1 atom stereocenters. The normalized spacial score (nSPS) is 15.5. The summed E-state index contributed by atoms with van der Waals surface area (Å²) in [5.74, 6) is -0.0287.